The Morgan fingerprint density at radius 2 is 1.81 bits per heavy atom. The number of carbonyl (C=O) groups is 1. The minimum Gasteiger partial charge on any atom is -0.771 e. The van der Waals surface area contributed by atoms with Gasteiger partial charge in [0.1, 0.15) is 12.4 Å². The normalized spacial score (nSPS) is 29.5. The van der Waals surface area contributed by atoms with Crippen LogP contribution in [0.15, 0.2) is 24.3 Å². The van der Waals surface area contributed by atoms with Crippen LogP contribution in [0.2, 0.25) is 0 Å². The molecule has 0 radical (unpaired) electrons. The first-order chi connectivity index (χ1) is 17.3. The second-order valence-electron chi connectivity index (χ2n) is 12.1. The highest BCUT2D eigenvalue weighted by molar-refractivity contribution is 5.71. The van der Waals surface area contributed by atoms with Crippen molar-refractivity contribution in [1.82, 2.24) is 20.4 Å². The molecule has 1 amide bonds. The number of rotatable bonds is 6. The molecule has 1 aromatic rings. The van der Waals surface area contributed by atoms with E-state index in [9.17, 15) is 14.4 Å². The number of hydroxylamine groups is 1. The van der Waals surface area contributed by atoms with Crippen molar-refractivity contribution in [3.8, 4) is 0 Å². The Morgan fingerprint density at radius 1 is 1.11 bits per heavy atom. The maximum absolute atomic E-state index is 13.7. The van der Waals surface area contributed by atoms with E-state index in [-0.39, 0.29) is 34.8 Å². The Bertz CT molecular complexity index is 897. The largest absolute Gasteiger partial charge is 0.771 e. The molecule has 7 nitrogen and oxygen atoms in total. The highest BCUT2D eigenvalue weighted by Crippen LogP contribution is 2.48. The molecule has 1 saturated carbocycles. The van der Waals surface area contributed by atoms with E-state index in [1.165, 1.54) is 49.4 Å². The van der Waals surface area contributed by atoms with Gasteiger partial charge in [-0.25, -0.2) is 9.18 Å². The summed E-state index contributed by atoms with van der Waals surface area (Å²) >= 11 is 0. The van der Waals surface area contributed by atoms with E-state index < -0.39 is 0 Å². The standard InChI is InChI=1S/C28H42FN4O3/c1-27(2)20-36-26(34)32(27)19-28(22-6-4-3-5-7-22)13-16-31(17-14-28)33(35)25-18-30-15-12-24(25)21-8-10-23(29)11-9-21/h8-11,22,24-25,30H,3-7,12-20H2,1-2H3/q-1/t24-,25+/m0/s1. The Balaban J connectivity index is 1.31. The molecule has 4 fully saturated rings. The molecule has 0 spiro atoms. The van der Waals surface area contributed by atoms with Gasteiger partial charge in [-0.3, -0.25) is 9.91 Å². The summed E-state index contributed by atoms with van der Waals surface area (Å²) in [6.45, 7) is 8.24. The third kappa shape index (κ3) is 5.15. The number of hydrogen-bond acceptors (Lipinski definition) is 6. The zero-order valence-electron chi connectivity index (χ0n) is 21.9. The first-order valence-corrected chi connectivity index (χ1v) is 13.9. The van der Waals surface area contributed by atoms with E-state index >= 15 is 0 Å². The van der Waals surface area contributed by atoms with E-state index in [0.29, 0.717) is 32.2 Å². The molecule has 1 N–H and O–H groups in total. The van der Waals surface area contributed by atoms with Crippen molar-refractivity contribution in [2.45, 2.75) is 82.7 Å². The van der Waals surface area contributed by atoms with Crippen molar-refractivity contribution in [2.24, 2.45) is 11.3 Å². The summed E-state index contributed by atoms with van der Waals surface area (Å²) in [6, 6.07) is 6.43. The zero-order chi connectivity index (χ0) is 25.3. The molecule has 1 aliphatic carbocycles. The maximum atomic E-state index is 13.7. The smallest absolute Gasteiger partial charge is 0.410 e. The minimum absolute atomic E-state index is 0.0273. The third-order valence-corrected chi connectivity index (χ3v) is 9.49. The fourth-order valence-corrected chi connectivity index (χ4v) is 7.17. The fourth-order valence-electron chi connectivity index (χ4n) is 7.17. The topological polar surface area (TPSA) is 71.1 Å². The molecule has 0 bridgehead atoms. The summed E-state index contributed by atoms with van der Waals surface area (Å²) in [5, 5.41) is 20.3. The van der Waals surface area contributed by atoms with Gasteiger partial charge in [0.25, 0.3) is 0 Å². The summed E-state index contributed by atoms with van der Waals surface area (Å²) in [7, 11) is 0. The SMILES string of the molecule is CC1(C)COC(=O)N1CC1(C2CCCCC2)CCN(N([O-])[C@@H]2CNCC[C@H]2c2ccc(F)cc2)CC1. The van der Waals surface area contributed by atoms with Crippen molar-refractivity contribution < 1.29 is 13.9 Å². The lowest BCUT2D eigenvalue weighted by atomic mass is 9.63. The number of cyclic esters (lactones) is 1. The van der Waals surface area contributed by atoms with Crippen molar-refractivity contribution >= 4 is 6.09 Å². The van der Waals surface area contributed by atoms with Gasteiger partial charge in [0.2, 0.25) is 0 Å². The first kappa shape index (κ1) is 25.9. The Labute approximate surface area is 214 Å². The lowest BCUT2D eigenvalue weighted by Crippen LogP contribution is -2.59. The van der Waals surface area contributed by atoms with Crippen LogP contribution >= 0.6 is 0 Å². The van der Waals surface area contributed by atoms with Gasteiger partial charge in [-0.1, -0.05) is 31.4 Å². The van der Waals surface area contributed by atoms with Gasteiger partial charge in [-0.2, -0.15) is 0 Å². The van der Waals surface area contributed by atoms with Crippen LogP contribution in [0.1, 0.15) is 76.7 Å². The summed E-state index contributed by atoms with van der Waals surface area (Å²) < 4.78 is 19.0. The van der Waals surface area contributed by atoms with E-state index in [0.717, 1.165) is 37.9 Å². The molecule has 3 saturated heterocycles. The molecule has 0 aromatic heterocycles. The number of ether oxygens (including phenoxy) is 1. The average Bonchev–Trinajstić information content (AvgIpc) is 3.16. The van der Waals surface area contributed by atoms with Gasteiger partial charge >= 0.3 is 6.09 Å². The van der Waals surface area contributed by atoms with Crippen molar-refractivity contribution in [3.05, 3.63) is 40.9 Å². The van der Waals surface area contributed by atoms with E-state index in [1.54, 1.807) is 0 Å². The van der Waals surface area contributed by atoms with E-state index in [4.69, 9.17) is 4.74 Å². The minimum atomic E-state index is -0.295. The lowest BCUT2D eigenvalue weighted by molar-refractivity contribution is -0.0920. The predicted molar refractivity (Wildman–Crippen MR) is 138 cm³/mol. The van der Waals surface area contributed by atoms with Crippen LogP contribution in [-0.4, -0.2) is 72.1 Å². The number of halogens is 1. The molecule has 3 aliphatic heterocycles. The summed E-state index contributed by atoms with van der Waals surface area (Å²) in [4.78, 5) is 14.6. The number of piperidine rings is 2. The van der Waals surface area contributed by atoms with Crippen LogP contribution in [-0.2, 0) is 4.74 Å². The highest BCUT2D eigenvalue weighted by Gasteiger charge is 2.49. The molecule has 8 heteroatoms. The number of amides is 1. The van der Waals surface area contributed by atoms with Gasteiger partial charge in [0.05, 0.1) is 5.54 Å². The van der Waals surface area contributed by atoms with Gasteiger partial charge in [0, 0.05) is 38.1 Å². The van der Waals surface area contributed by atoms with E-state index in [1.807, 2.05) is 22.0 Å². The van der Waals surface area contributed by atoms with Crippen LogP contribution in [0.3, 0.4) is 0 Å². The van der Waals surface area contributed by atoms with Gasteiger partial charge in [-0.15, -0.1) is 0 Å². The summed E-state index contributed by atoms with van der Waals surface area (Å²) in [6.07, 6.45) is 8.72. The molecule has 3 heterocycles. The maximum Gasteiger partial charge on any atom is 0.410 e. The third-order valence-electron chi connectivity index (χ3n) is 9.49. The molecule has 1 aromatic carbocycles. The number of nitrogens with one attached hydrogen (secondary N) is 1. The summed E-state index contributed by atoms with van der Waals surface area (Å²) in [5.41, 5.74) is 0.767. The van der Waals surface area contributed by atoms with Crippen LogP contribution in [0.4, 0.5) is 9.18 Å². The second-order valence-corrected chi connectivity index (χ2v) is 12.1. The number of hydrazine groups is 1. The number of nitrogens with zero attached hydrogens (tertiary/aromatic N) is 3. The van der Waals surface area contributed by atoms with Crippen LogP contribution in [0, 0.1) is 22.4 Å². The van der Waals surface area contributed by atoms with Crippen LogP contribution < -0.4 is 5.32 Å². The monoisotopic (exact) mass is 501 g/mol. The molecule has 5 rings (SSSR count). The molecular weight excluding hydrogens is 459 g/mol. The molecular formula is C28H42FN4O3-. The van der Waals surface area contributed by atoms with Crippen molar-refractivity contribution in [3.63, 3.8) is 0 Å². The van der Waals surface area contributed by atoms with Crippen molar-refractivity contribution in [2.75, 3.05) is 39.3 Å². The Morgan fingerprint density at radius 3 is 2.44 bits per heavy atom. The first-order valence-electron chi connectivity index (χ1n) is 13.9. The fraction of sp³-hybridized carbons (Fsp3) is 0.750. The number of benzene rings is 1. The molecule has 4 aliphatic rings. The molecule has 200 valence electrons. The second kappa shape index (κ2) is 10.6. The molecule has 0 unspecified atom stereocenters. The lowest BCUT2D eigenvalue weighted by Gasteiger charge is -2.56. The predicted octanol–water partition coefficient (Wildman–Crippen LogP) is 4.88. The average molecular weight is 502 g/mol. The quantitative estimate of drug-likeness (QED) is 0.561. The summed E-state index contributed by atoms with van der Waals surface area (Å²) in [5.74, 6) is 0.416. The Kier molecular flexibility index (Phi) is 7.59. The van der Waals surface area contributed by atoms with Gasteiger partial charge in [-0.05, 0) is 81.5 Å². The molecule has 36 heavy (non-hydrogen) atoms. The van der Waals surface area contributed by atoms with Crippen LogP contribution in [0.5, 0.6) is 0 Å². The number of carbonyl (C=O) groups excluding carboxylic acids is 1. The van der Waals surface area contributed by atoms with E-state index in [2.05, 4.69) is 19.2 Å². The van der Waals surface area contributed by atoms with Gasteiger partial charge < -0.3 is 20.4 Å². The Hall–Kier alpha value is -1.74. The zero-order valence-corrected chi connectivity index (χ0v) is 21.9. The highest BCUT2D eigenvalue weighted by atomic mass is 19.1. The van der Waals surface area contributed by atoms with Crippen LogP contribution in [0.25, 0.3) is 0 Å². The number of hydrogen-bond donors (Lipinski definition) is 1. The molecule has 2 atom stereocenters. The van der Waals surface area contributed by atoms with Crippen molar-refractivity contribution in [1.29, 1.82) is 0 Å². The van der Waals surface area contributed by atoms with Gasteiger partial charge in [0.15, 0.2) is 0 Å².